The molecule has 110 valence electrons. The molecule has 0 saturated heterocycles. The van der Waals surface area contributed by atoms with E-state index in [0.717, 1.165) is 5.39 Å². The van der Waals surface area contributed by atoms with Gasteiger partial charge in [-0.1, -0.05) is 37.1 Å². The van der Waals surface area contributed by atoms with Crippen LogP contribution in [-0.4, -0.2) is 25.8 Å². The van der Waals surface area contributed by atoms with Crippen LogP contribution in [0.25, 0.3) is 10.8 Å². The first kappa shape index (κ1) is 15.4. The van der Waals surface area contributed by atoms with Crippen molar-refractivity contribution >= 4 is 26.5 Å². The molecule has 0 amide bonds. The Balaban J connectivity index is 2.65. The van der Waals surface area contributed by atoms with Crippen molar-refractivity contribution in [2.45, 2.75) is 18.2 Å². The van der Waals surface area contributed by atoms with Gasteiger partial charge in [0.1, 0.15) is 0 Å². The van der Waals surface area contributed by atoms with Crippen LogP contribution in [0, 0.1) is 12.3 Å². The lowest BCUT2D eigenvalue weighted by Crippen LogP contribution is -2.32. The highest BCUT2D eigenvalue weighted by atomic mass is 32.2. The summed E-state index contributed by atoms with van der Waals surface area (Å²) < 4.78 is 27.0. The van der Waals surface area contributed by atoms with E-state index in [1.165, 1.54) is 4.31 Å². The van der Waals surface area contributed by atoms with Crippen LogP contribution in [0.4, 0.5) is 5.69 Å². The molecule has 5 heteroatoms. The molecule has 0 aliphatic heterocycles. The lowest BCUT2D eigenvalue weighted by atomic mass is 10.1. The largest absolute Gasteiger partial charge is 0.398 e. The number of terminal acetylenes is 1. The van der Waals surface area contributed by atoms with Gasteiger partial charge in [0.15, 0.2) is 0 Å². The number of benzene rings is 2. The van der Waals surface area contributed by atoms with Crippen molar-refractivity contribution in [3.05, 3.63) is 36.4 Å². The second-order valence-corrected chi connectivity index (χ2v) is 6.65. The third-order valence-electron chi connectivity index (χ3n) is 3.28. The number of hydrogen-bond acceptors (Lipinski definition) is 3. The fourth-order valence-corrected chi connectivity index (χ4v) is 3.94. The van der Waals surface area contributed by atoms with Gasteiger partial charge in [0.25, 0.3) is 0 Å². The summed E-state index contributed by atoms with van der Waals surface area (Å²) in [5.74, 6) is 2.41. The van der Waals surface area contributed by atoms with Crippen LogP contribution in [0.15, 0.2) is 41.3 Å². The Labute approximate surface area is 125 Å². The molecule has 0 aliphatic carbocycles. The lowest BCUT2D eigenvalue weighted by Gasteiger charge is -2.20. The molecule has 2 aromatic carbocycles. The number of fused-ring (bicyclic) bond motifs is 1. The van der Waals surface area contributed by atoms with E-state index in [0.29, 0.717) is 24.0 Å². The molecular weight excluding hydrogens is 284 g/mol. The van der Waals surface area contributed by atoms with Crippen molar-refractivity contribution in [1.82, 2.24) is 4.31 Å². The number of hydrogen-bond donors (Lipinski definition) is 1. The first-order chi connectivity index (χ1) is 10.0. The number of sulfonamides is 1. The zero-order valence-corrected chi connectivity index (χ0v) is 12.7. The minimum atomic E-state index is -3.63. The molecule has 0 spiro atoms. The summed E-state index contributed by atoms with van der Waals surface area (Å²) in [6.07, 6.45) is 6.00. The molecular formula is C16H18N2O2S. The van der Waals surface area contributed by atoms with Gasteiger partial charge in [0.2, 0.25) is 10.0 Å². The highest BCUT2D eigenvalue weighted by molar-refractivity contribution is 7.89. The van der Waals surface area contributed by atoms with E-state index in [9.17, 15) is 8.42 Å². The summed E-state index contributed by atoms with van der Waals surface area (Å²) in [7, 11) is -3.63. The molecule has 2 N–H and O–H groups in total. The first-order valence-corrected chi connectivity index (χ1v) is 8.17. The minimum Gasteiger partial charge on any atom is -0.398 e. The second kappa shape index (κ2) is 6.17. The fraction of sp³-hybridized carbons (Fsp3) is 0.250. The summed E-state index contributed by atoms with van der Waals surface area (Å²) in [6.45, 7) is 2.38. The van der Waals surface area contributed by atoms with Crippen molar-refractivity contribution in [2.75, 3.05) is 18.8 Å². The van der Waals surface area contributed by atoms with Gasteiger partial charge in [-0.25, -0.2) is 8.42 Å². The monoisotopic (exact) mass is 302 g/mol. The number of nitrogens with two attached hydrogens (primary N) is 1. The number of nitrogen functional groups attached to an aromatic ring is 1. The Hall–Kier alpha value is -2.03. The van der Waals surface area contributed by atoms with Crippen LogP contribution < -0.4 is 5.73 Å². The smallest absolute Gasteiger partial charge is 0.244 e. The summed E-state index contributed by atoms with van der Waals surface area (Å²) in [5, 5.41) is 1.35. The molecule has 0 heterocycles. The molecule has 2 aromatic rings. The number of nitrogens with zero attached hydrogens (tertiary/aromatic N) is 1. The predicted octanol–water partition coefficient (Wildman–Crippen LogP) is 2.46. The van der Waals surface area contributed by atoms with Gasteiger partial charge in [-0.3, -0.25) is 0 Å². The van der Waals surface area contributed by atoms with E-state index in [2.05, 4.69) is 5.92 Å². The Bertz CT molecular complexity index is 792. The van der Waals surface area contributed by atoms with Crippen LogP contribution in [-0.2, 0) is 10.0 Å². The van der Waals surface area contributed by atoms with Gasteiger partial charge in [-0.05, 0) is 18.6 Å². The topological polar surface area (TPSA) is 63.4 Å². The van der Waals surface area contributed by atoms with Crippen molar-refractivity contribution < 1.29 is 8.42 Å². The molecule has 2 rings (SSSR count). The van der Waals surface area contributed by atoms with Crippen molar-refractivity contribution in [3.8, 4) is 12.3 Å². The summed E-state index contributed by atoms with van der Waals surface area (Å²) in [6, 6.07) is 10.4. The quantitative estimate of drug-likeness (QED) is 0.681. The van der Waals surface area contributed by atoms with Crippen LogP contribution in [0.2, 0.25) is 0 Å². The third-order valence-corrected chi connectivity index (χ3v) is 5.18. The fourth-order valence-electron chi connectivity index (χ4n) is 2.29. The average Bonchev–Trinajstić information content (AvgIpc) is 2.47. The van der Waals surface area contributed by atoms with Gasteiger partial charge < -0.3 is 5.73 Å². The van der Waals surface area contributed by atoms with Crippen molar-refractivity contribution in [3.63, 3.8) is 0 Å². The summed E-state index contributed by atoms with van der Waals surface area (Å²) in [4.78, 5) is 0.246. The molecule has 0 bridgehead atoms. The van der Waals surface area contributed by atoms with E-state index < -0.39 is 10.0 Å². The summed E-state index contributed by atoms with van der Waals surface area (Å²) >= 11 is 0. The molecule has 0 fully saturated rings. The normalized spacial score (nSPS) is 11.7. The maximum atomic E-state index is 12.8. The molecule has 0 atom stereocenters. The second-order valence-electron chi connectivity index (χ2n) is 4.74. The molecule has 0 aliphatic rings. The van der Waals surface area contributed by atoms with Crippen molar-refractivity contribution in [2.24, 2.45) is 0 Å². The van der Waals surface area contributed by atoms with Crippen LogP contribution in [0.1, 0.15) is 13.3 Å². The Morgan fingerprint density at radius 2 is 1.86 bits per heavy atom. The van der Waals surface area contributed by atoms with E-state index in [-0.39, 0.29) is 11.4 Å². The van der Waals surface area contributed by atoms with E-state index in [4.69, 9.17) is 12.2 Å². The Kier molecular flexibility index (Phi) is 4.51. The Morgan fingerprint density at radius 3 is 2.48 bits per heavy atom. The number of anilines is 1. The van der Waals surface area contributed by atoms with E-state index >= 15 is 0 Å². The van der Waals surface area contributed by atoms with Crippen molar-refractivity contribution in [1.29, 1.82) is 0 Å². The van der Waals surface area contributed by atoms with Gasteiger partial charge in [0, 0.05) is 23.0 Å². The average molecular weight is 302 g/mol. The lowest BCUT2D eigenvalue weighted by molar-refractivity contribution is 0.446. The molecule has 4 nitrogen and oxygen atoms in total. The molecule has 21 heavy (non-hydrogen) atoms. The highest BCUT2D eigenvalue weighted by Crippen LogP contribution is 2.29. The van der Waals surface area contributed by atoms with Crippen LogP contribution in [0.3, 0.4) is 0 Å². The van der Waals surface area contributed by atoms with Gasteiger partial charge in [-0.15, -0.1) is 6.42 Å². The van der Waals surface area contributed by atoms with Gasteiger partial charge >= 0.3 is 0 Å². The molecule has 0 radical (unpaired) electrons. The van der Waals surface area contributed by atoms with Crippen LogP contribution >= 0.6 is 0 Å². The first-order valence-electron chi connectivity index (χ1n) is 6.73. The molecule has 0 aromatic heterocycles. The molecule has 0 unspecified atom stereocenters. The minimum absolute atomic E-state index is 0.0644. The van der Waals surface area contributed by atoms with Gasteiger partial charge in [-0.2, -0.15) is 4.31 Å². The van der Waals surface area contributed by atoms with Crippen LogP contribution in [0.5, 0.6) is 0 Å². The SMILES string of the molecule is C#CCN(CCC)S(=O)(=O)c1ccc(N)c2ccccc12. The third kappa shape index (κ3) is 2.87. The van der Waals surface area contributed by atoms with Gasteiger partial charge in [0.05, 0.1) is 11.4 Å². The number of rotatable bonds is 5. The standard InChI is InChI=1S/C16H18N2O2S/c1-3-11-18(12-4-2)21(19,20)16-10-9-15(17)13-7-5-6-8-14(13)16/h1,5-10H,4,11-12,17H2,2H3. The Morgan fingerprint density at radius 1 is 1.19 bits per heavy atom. The maximum Gasteiger partial charge on any atom is 0.244 e. The maximum absolute atomic E-state index is 12.8. The van der Waals surface area contributed by atoms with E-state index in [1.54, 1.807) is 24.3 Å². The molecule has 0 saturated carbocycles. The predicted molar refractivity (Wildman–Crippen MR) is 86.2 cm³/mol. The summed E-state index contributed by atoms with van der Waals surface area (Å²) in [5.41, 5.74) is 6.48. The highest BCUT2D eigenvalue weighted by Gasteiger charge is 2.25. The van der Waals surface area contributed by atoms with E-state index in [1.807, 2.05) is 19.1 Å². The zero-order chi connectivity index (χ0) is 15.5. The zero-order valence-electron chi connectivity index (χ0n) is 11.9.